The largest absolute Gasteiger partial charge is 0.391 e. The van der Waals surface area contributed by atoms with Crippen molar-refractivity contribution in [2.24, 2.45) is 5.92 Å². The van der Waals surface area contributed by atoms with E-state index in [0.29, 0.717) is 31.7 Å². The maximum Gasteiger partial charge on any atom is 0.223 e. The highest BCUT2D eigenvalue weighted by Gasteiger charge is 2.33. The van der Waals surface area contributed by atoms with E-state index in [-0.39, 0.29) is 11.8 Å². The summed E-state index contributed by atoms with van der Waals surface area (Å²) >= 11 is 1.61. The van der Waals surface area contributed by atoms with Gasteiger partial charge in [-0.3, -0.25) is 14.8 Å². The Bertz CT molecular complexity index is 1040. The van der Waals surface area contributed by atoms with Crippen molar-refractivity contribution in [3.63, 3.8) is 0 Å². The number of thioether (sulfide) groups is 1. The maximum absolute atomic E-state index is 12.6. The van der Waals surface area contributed by atoms with Crippen LogP contribution >= 0.6 is 11.8 Å². The monoisotopic (exact) mass is 422 g/mol. The van der Waals surface area contributed by atoms with Gasteiger partial charge in [-0.2, -0.15) is 0 Å². The second-order valence-electron chi connectivity index (χ2n) is 7.92. The number of aliphatic hydroxyl groups excluding tert-OH is 1. The molecule has 6 nitrogen and oxygen atoms in total. The Morgan fingerprint density at radius 1 is 1.23 bits per heavy atom. The molecule has 1 aromatic carbocycles. The third-order valence-electron chi connectivity index (χ3n) is 5.56. The highest BCUT2D eigenvalue weighted by atomic mass is 32.2. The van der Waals surface area contributed by atoms with Gasteiger partial charge < -0.3 is 10.0 Å². The summed E-state index contributed by atoms with van der Waals surface area (Å²) in [6, 6.07) is 8.37. The van der Waals surface area contributed by atoms with E-state index in [1.165, 1.54) is 16.5 Å². The zero-order valence-corrected chi connectivity index (χ0v) is 18.1. The van der Waals surface area contributed by atoms with E-state index in [2.05, 4.69) is 48.1 Å². The minimum absolute atomic E-state index is 0.00608. The summed E-state index contributed by atoms with van der Waals surface area (Å²) in [5, 5.41) is 12.5. The molecule has 2 aromatic heterocycles. The molecule has 4 rings (SSSR count). The standard InChI is InChI=1S/C23H26N4O2S/c1-15-3-4-20-19(9-15)16(2)10-22(26-20)30-8-5-23(29)27-13-17(21(28)14-27)11-18-12-24-6-7-25-18/h3-4,6-7,9-10,12,17,21,28H,5,8,11,13-14H2,1-2H3/t17-,21-/m1/s1. The van der Waals surface area contributed by atoms with Crippen molar-refractivity contribution < 1.29 is 9.90 Å². The third kappa shape index (κ3) is 4.79. The lowest BCUT2D eigenvalue weighted by atomic mass is 10.0. The number of aryl methyl sites for hydroxylation is 2. The van der Waals surface area contributed by atoms with E-state index >= 15 is 0 Å². The average molecular weight is 423 g/mol. The molecule has 0 unspecified atom stereocenters. The zero-order valence-electron chi connectivity index (χ0n) is 17.3. The molecule has 1 N–H and O–H groups in total. The Hall–Kier alpha value is -2.51. The summed E-state index contributed by atoms with van der Waals surface area (Å²) in [4.78, 5) is 27.5. The van der Waals surface area contributed by atoms with Crippen LogP contribution in [0.4, 0.5) is 0 Å². The fourth-order valence-electron chi connectivity index (χ4n) is 3.91. The number of carbonyl (C=O) groups is 1. The Balaban J connectivity index is 1.31. The number of benzene rings is 1. The van der Waals surface area contributed by atoms with Gasteiger partial charge in [-0.1, -0.05) is 11.6 Å². The van der Waals surface area contributed by atoms with Crippen molar-refractivity contribution in [2.75, 3.05) is 18.8 Å². The van der Waals surface area contributed by atoms with Crippen LogP contribution in [0.1, 0.15) is 23.2 Å². The molecule has 1 saturated heterocycles. The molecule has 1 fully saturated rings. The SMILES string of the molecule is Cc1ccc2nc(SCCC(=O)N3C[C@@H](Cc4cnccn4)[C@H](O)C3)cc(C)c2c1. The molecular formula is C23H26N4O2S. The smallest absolute Gasteiger partial charge is 0.223 e. The van der Waals surface area contributed by atoms with E-state index in [1.54, 1.807) is 35.3 Å². The van der Waals surface area contributed by atoms with E-state index in [4.69, 9.17) is 4.98 Å². The number of hydrogen-bond donors (Lipinski definition) is 1. The molecule has 2 atom stereocenters. The first-order valence-electron chi connectivity index (χ1n) is 10.2. The van der Waals surface area contributed by atoms with Gasteiger partial charge >= 0.3 is 0 Å². The molecule has 7 heteroatoms. The van der Waals surface area contributed by atoms with Crippen LogP contribution in [0, 0.1) is 19.8 Å². The van der Waals surface area contributed by atoms with Gasteiger partial charge in [0.25, 0.3) is 0 Å². The van der Waals surface area contributed by atoms with Gasteiger partial charge in [0.05, 0.1) is 22.3 Å². The summed E-state index contributed by atoms with van der Waals surface area (Å²) < 4.78 is 0. The number of rotatable bonds is 6. The number of fused-ring (bicyclic) bond motifs is 1. The summed E-state index contributed by atoms with van der Waals surface area (Å²) in [5.74, 6) is 0.757. The van der Waals surface area contributed by atoms with Gasteiger partial charge in [-0.05, 0) is 44.0 Å². The molecule has 0 spiro atoms. The number of amides is 1. The summed E-state index contributed by atoms with van der Waals surface area (Å²) in [6.45, 7) is 5.14. The number of nitrogens with zero attached hydrogens (tertiary/aromatic N) is 4. The second kappa shape index (κ2) is 9.10. The van der Waals surface area contributed by atoms with Crippen LogP contribution in [0.15, 0.2) is 47.9 Å². The molecule has 1 aliphatic rings. The molecule has 156 valence electrons. The van der Waals surface area contributed by atoms with E-state index in [1.807, 2.05) is 0 Å². The summed E-state index contributed by atoms with van der Waals surface area (Å²) in [6.07, 6.45) is 5.55. The van der Waals surface area contributed by atoms with Crippen LogP contribution in [0.2, 0.25) is 0 Å². The first-order valence-corrected chi connectivity index (χ1v) is 11.2. The van der Waals surface area contributed by atoms with Crippen molar-refractivity contribution in [3.05, 3.63) is 59.7 Å². The highest BCUT2D eigenvalue weighted by molar-refractivity contribution is 7.99. The quantitative estimate of drug-likeness (QED) is 0.615. The van der Waals surface area contributed by atoms with Crippen molar-refractivity contribution >= 4 is 28.6 Å². The van der Waals surface area contributed by atoms with Crippen LogP contribution in [0.25, 0.3) is 10.9 Å². The lowest BCUT2D eigenvalue weighted by Gasteiger charge is -2.16. The molecule has 1 amide bonds. The van der Waals surface area contributed by atoms with Gasteiger partial charge in [0.1, 0.15) is 0 Å². The predicted molar refractivity (Wildman–Crippen MR) is 118 cm³/mol. The van der Waals surface area contributed by atoms with Gasteiger partial charge in [-0.25, -0.2) is 4.98 Å². The topological polar surface area (TPSA) is 79.2 Å². The van der Waals surface area contributed by atoms with Crippen LogP contribution in [-0.4, -0.2) is 55.8 Å². The molecule has 3 heterocycles. The molecule has 30 heavy (non-hydrogen) atoms. The van der Waals surface area contributed by atoms with Crippen LogP contribution < -0.4 is 0 Å². The van der Waals surface area contributed by atoms with Crippen molar-refractivity contribution in [1.29, 1.82) is 0 Å². The number of likely N-dealkylation sites (tertiary alicyclic amines) is 1. The fourth-order valence-corrected chi connectivity index (χ4v) is 4.82. The van der Waals surface area contributed by atoms with E-state index < -0.39 is 6.10 Å². The lowest BCUT2D eigenvalue weighted by Crippen LogP contribution is -2.29. The number of β-amino-alcohol motifs (C(OH)–C–C–N with tert-alkyl or cyclic N) is 1. The minimum atomic E-state index is -0.517. The highest BCUT2D eigenvalue weighted by Crippen LogP contribution is 2.26. The zero-order chi connectivity index (χ0) is 21.1. The van der Waals surface area contributed by atoms with Crippen LogP contribution in [0.5, 0.6) is 0 Å². The number of aromatic nitrogens is 3. The van der Waals surface area contributed by atoms with Crippen molar-refractivity contribution in [1.82, 2.24) is 19.9 Å². The molecule has 0 bridgehead atoms. The molecule has 3 aromatic rings. The second-order valence-corrected chi connectivity index (χ2v) is 9.04. The normalized spacial score (nSPS) is 18.8. The summed E-state index contributed by atoms with van der Waals surface area (Å²) in [5.41, 5.74) is 4.26. The molecule has 0 aliphatic carbocycles. The fraction of sp³-hybridized carbons (Fsp3) is 0.391. The van der Waals surface area contributed by atoms with Gasteiger partial charge in [0.15, 0.2) is 0 Å². The average Bonchev–Trinajstić information content (AvgIpc) is 3.10. The first kappa shape index (κ1) is 20.8. The van der Waals surface area contributed by atoms with Gasteiger partial charge in [0, 0.05) is 55.2 Å². The molecule has 0 radical (unpaired) electrons. The third-order valence-corrected chi connectivity index (χ3v) is 6.47. The Kier molecular flexibility index (Phi) is 6.29. The van der Waals surface area contributed by atoms with E-state index in [0.717, 1.165) is 16.2 Å². The Morgan fingerprint density at radius 3 is 2.90 bits per heavy atom. The Labute approximate surface area is 180 Å². The molecular weight excluding hydrogens is 396 g/mol. The lowest BCUT2D eigenvalue weighted by molar-refractivity contribution is -0.130. The number of carbonyl (C=O) groups excluding carboxylic acids is 1. The van der Waals surface area contributed by atoms with Crippen molar-refractivity contribution in [2.45, 2.75) is 37.8 Å². The number of pyridine rings is 1. The minimum Gasteiger partial charge on any atom is -0.391 e. The first-order chi connectivity index (χ1) is 14.5. The molecule has 1 aliphatic heterocycles. The van der Waals surface area contributed by atoms with Crippen LogP contribution in [-0.2, 0) is 11.2 Å². The van der Waals surface area contributed by atoms with E-state index in [9.17, 15) is 9.90 Å². The maximum atomic E-state index is 12.6. The number of hydrogen-bond acceptors (Lipinski definition) is 6. The molecule has 0 saturated carbocycles. The summed E-state index contributed by atoms with van der Waals surface area (Å²) in [7, 11) is 0. The predicted octanol–water partition coefficient (Wildman–Crippen LogP) is 3.19. The van der Waals surface area contributed by atoms with Crippen LogP contribution in [0.3, 0.4) is 0 Å². The van der Waals surface area contributed by atoms with Gasteiger partial charge in [0.2, 0.25) is 5.91 Å². The van der Waals surface area contributed by atoms with Gasteiger partial charge in [-0.15, -0.1) is 11.8 Å². The Morgan fingerprint density at radius 2 is 2.10 bits per heavy atom. The van der Waals surface area contributed by atoms with Crippen molar-refractivity contribution in [3.8, 4) is 0 Å². The number of aliphatic hydroxyl groups is 1.